The van der Waals surface area contributed by atoms with E-state index < -0.39 is 24.3 Å². The first kappa shape index (κ1) is 42.1. The van der Waals surface area contributed by atoms with Gasteiger partial charge < -0.3 is 49.0 Å². The van der Waals surface area contributed by atoms with Gasteiger partial charge in [0.2, 0.25) is 0 Å². The third kappa shape index (κ3) is 7.99. The summed E-state index contributed by atoms with van der Waals surface area (Å²) in [5.41, 5.74) is 7.34. The highest BCUT2D eigenvalue weighted by atomic mass is 16.5. The summed E-state index contributed by atoms with van der Waals surface area (Å²) in [4.78, 5) is 72.8. The summed E-state index contributed by atoms with van der Waals surface area (Å²) in [6, 6.07) is 28.0. The molecule has 7 aromatic rings. The number of furan rings is 1. The molecule has 66 heavy (non-hydrogen) atoms. The molecule has 4 N–H and O–H groups in total. The lowest BCUT2D eigenvalue weighted by atomic mass is 10.0. The van der Waals surface area contributed by atoms with Gasteiger partial charge in [-0.3, -0.25) is 9.59 Å². The predicted molar refractivity (Wildman–Crippen MR) is 243 cm³/mol. The number of carbonyl (C=O) groups excluding carboxylic acids is 4. The second kappa shape index (κ2) is 17.9. The number of ether oxygens (including phenoxy) is 3. The number of hydrogen-bond donors (Lipinski definition) is 4. The van der Waals surface area contributed by atoms with Crippen molar-refractivity contribution in [3.63, 3.8) is 0 Å². The Bertz CT molecular complexity index is 2930. The second-order valence-corrected chi connectivity index (χ2v) is 16.6. The molecule has 3 aliphatic heterocycles. The fourth-order valence-electron chi connectivity index (χ4n) is 9.53. The standard InChI is InChI=1S/C50H48N8O8/c1-63-49(61)55-42(29-11-5-3-6-12-29)47(59)57-22-9-15-38(57)45-51-27-36(53-45)31-18-20-40-35(25-31)33-21-24-65-41-26-32(17-19-34(41)44(33)66-40)37-28-52-46(54-37)39-16-10-23-58(39)48(60)43(56-50(62)64-2)30-13-7-4-8-14-30/h3-8,11-14,17-20,25-28,38-39,42-43H,9-10,15-16,21-24H2,1-2H3,(H,51,53)(H,52,54)(H,55,61)(H,56,62)/t38-,39-,42-,43-/m0/s1. The number of nitrogens with one attached hydrogen (secondary N) is 4. The molecule has 0 aliphatic carbocycles. The number of alkyl carbamates (subject to hydrolysis) is 2. The molecule has 2 saturated heterocycles. The average Bonchev–Trinajstić information content (AvgIpc) is 4.22. The van der Waals surface area contributed by atoms with Crippen molar-refractivity contribution in [3.8, 4) is 39.6 Å². The second-order valence-electron chi connectivity index (χ2n) is 16.6. The first-order chi connectivity index (χ1) is 32.3. The minimum atomic E-state index is -0.908. The fraction of sp³-hybridized carbons (Fsp3) is 0.280. The number of nitrogens with zero attached hydrogens (tertiary/aromatic N) is 4. The van der Waals surface area contributed by atoms with Gasteiger partial charge in [-0.05, 0) is 67.1 Å². The van der Waals surface area contributed by atoms with E-state index in [1.54, 1.807) is 22.2 Å². The molecule has 4 atom stereocenters. The van der Waals surface area contributed by atoms with Crippen LogP contribution in [0, 0.1) is 0 Å². The fourth-order valence-corrected chi connectivity index (χ4v) is 9.53. The van der Waals surface area contributed by atoms with Gasteiger partial charge in [-0.25, -0.2) is 19.6 Å². The lowest BCUT2D eigenvalue weighted by Crippen LogP contribution is -2.42. The summed E-state index contributed by atoms with van der Waals surface area (Å²) in [5.74, 6) is 2.31. The van der Waals surface area contributed by atoms with Gasteiger partial charge >= 0.3 is 12.2 Å². The molecular weight excluding hydrogens is 841 g/mol. The molecule has 0 radical (unpaired) electrons. The van der Waals surface area contributed by atoms with Crippen molar-refractivity contribution in [3.05, 3.63) is 138 Å². The first-order valence-corrected chi connectivity index (χ1v) is 22.1. The topological polar surface area (TPSA) is 197 Å². The molecule has 3 aromatic heterocycles. The van der Waals surface area contributed by atoms with Crippen LogP contribution in [0.5, 0.6) is 5.75 Å². The summed E-state index contributed by atoms with van der Waals surface area (Å²) in [5, 5.41) is 6.41. The summed E-state index contributed by atoms with van der Waals surface area (Å²) in [6.07, 6.45) is 5.86. The third-order valence-corrected chi connectivity index (χ3v) is 12.8. The van der Waals surface area contributed by atoms with E-state index in [0.29, 0.717) is 54.6 Å². The van der Waals surface area contributed by atoms with E-state index in [4.69, 9.17) is 28.6 Å². The number of amides is 4. The predicted octanol–water partition coefficient (Wildman–Crippen LogP) is 8.34. The van der Waals surface area contributed by atoms with Crippen LogP contribution in [-0.2, 0) is 25.5 Å². The number of carbonyl (C=O) groups is 4. The van der Waals surface area contributed by atoms with E-state index in [1.165, 1.54) is 14.2 Å². The number of H-pyrrole nitrogens is 2. The van der Waals surface area contributed by atoms with Crippen LogP contribution in [0.15, 0.2) is 114 Å². The number of likely N-dealkylation sites (tertiary alicyclic amines) is 2. The van der Waals surface area contributed by atoms with Crippen molar-refractivity contribution in [2.45, 2.75) is 56.3 Å². The van der Waals surface area contributed by atoms with Gasteiger partial charge in [-0.15, -0.1) is 0 Å². The number of aromatic nitrogens is 4. The maximum Gasteiger partial charge on any atom is 0.407 e. The van der Waals surface area contributed by atoms with E-state index in [-0.39, 0.29) is 23.9 Å². The zero-order valence-corrected chi connectivity index (χ0v) is 36.4. The van der Waals surface area contributed by atoms with E-state index in [1.807, 2.05) is 91.0 Å². The number of benzene rings is 4. The van der Waals surface area contributed by atoms with Crippen LogP contribution in [0.2, 0.25) is 0 Å². The smallest absolute Gasteiger partial charge is 0.407 e. The van der Waals surface area contributed by atoms with Crippen LogP contribution in [0.25, 0.3) is 44.8 Å². The third-order valence-electron chi connectivity index (χ3n) is 12.8. The Morgan fingerprint density at radius 1 is 0.697 bits per heavy atom. The Kier molecular flexibility index (Phi) is 11.4. The number of fused-ring (bicyclic) bond motifs is 5. The minimum Gasteiger partial charge on any atom is -0.492 e. The molecule has 3 aliphatic rings. The van der Waals surface area contributed by atoms with Gasteiger partial charge in [0.25, 0.3) is 11.8 Å². The van der Waals surface area contributed by atoms with E-state index in [0.717, 1.165) is 76.1 Å². The van der Waals surface area contributed by atoms with Crippen LogP contribution >= 0.6 is 0 Å². The van der Waals surface area contributed by atoms with Crippen molar-refractivity contribution in [2.75, 3.05) is 33.9 Å². The highest BCUT2D eigenvalue weighted by Crippen LogP contribution is 2.44. The zero-order valence-electron chi connectivity index (χ0n) is 36.4. The van der Waals surface area contributed by atoms with Crippen LogP contribution < -0.4 is 15.4 Å². The largest absolute Gasteiger partial charge is 0.492 e. The lowest BCUT2D eigenvalue weighted by molar-refractivity contribution is -0.135. The zero-order chi connectivity index (χ0) is 45.3. The molecule has 16 heteroatoms. The van der Waals surface area contributed by atoms with Crippen molar-refractivity contribution in [2.24, 2.45) is 0 Å². The quantitative estimate of drug-likeness (QED) is 0.104. The Hall–Kier alpha value is -7.88. The number of methoxy groups -OCH3 is 2. The maximum atomic E-state index is 14.1. The van der Waals surface area contributed by atoms with Crippen molar-refractivity contribution < 1.29 is 37.8 Å². The number of rotatable bonds is 10. The summed E-state index contributed by atoms with van der Waals surface area (Å²) in [6.45, 7) is 1.49. The molecule has 0 bridgehead atoms. The average molecular weight is 889 g/mol. The van der Waals surface area contributed by atoms with Crippen LogP contribution in [0.3, 0.4) is 0 Å². The molecule has 2 fully saturated rings. The molecule has 16 nitrogen and oxygen atoms in total. The SMILES string of the molecule is COC(=O)N[C@H](C(=O)N1CCC[C@H]1c1ncc(-c2ccc3c(c2)OCCc2c-3oc3ccc(-c4cnc([C@@H]5CCCN5C(=O)[C@@H](NC(=O)OC)c5ccccc5)[nH]4)cc23)[nH]1)c1ccccc1. The Balaban J connectivity index is 0.875. The Morgan fingerprint density at radius 3 is 1.77 bits per heavy atom. The molecule has 336 valence electrons. The van der Waals surface area contributed by atoms with Crippen LogP contribution in [-0.4, -0.2) is 87.7 Å². The molecule has 0 saturated carbocycles. The first-order valence-electron chi connectivity index (χ1n) is 22.1. The van der Waals surface area contributed by atoms with Crippen molar-refractivity contribution >= 4 is 35.0 Å². The monoisotopic (exact) mass is 888 g/mol. The number of aromatic amines is 2. The minimum absolute atomic E-state index is 0.229. The van der Waals surface area contributed by atoms with Crippen molar-refractivity contribution in [1.29, 1.82) is 0 Å². The van der Waals surface area contributed by atoms with Gasteiger partial charge in [-0.1, -0.05) is 66.7 Å². The van der Waals surface area contributed by atoms with Gasteiger partial charge in [-0.2, -0.15) is 0 Å². The molecule has 4 aromatic carbocycles. The highest BCUT2D eigenvalue weighted by Gasteiger charge is 2.39. The summed E-state index contributed by atoms with van der Waals surface area (Å²) >= 11 is 0. The molecule has 0 spiro atoms. The summed E-state index contributed by atoms with van der Waals surface area (Å²) in [7, 11) is 2.55. The Labute approximate surface area is 379 Å². The van der Waals surface area contributed by atoms with Gasteiger partial charge in [0.15, 0.2) is 0 Å². The normalized spacial score (nSPS) is 17.5. The van der Waals surface area contributed by atoms with Gasteiger partial charge in [0, 0.05) is 41.6 Å². The Morgan fingerprint density at radius 2 is 1.23 bits per heavy atom. The van der Waals surface area contributed by atoms with Gasteiger partial charge in [0.05, 0.1) is 62.3 Å². The molecule has 4 amide bonds. The van der Waals surface area contributed by atoms with E-state index in [2.05, 4.69) is 26.7 Å². The maximum absolute atomic E-state index is 14.1. The van der Waals surface area contributed by atoms with Gasteiger partial charge in [0.1, 0.15) is 40.8 Å². The summed E-state index contributed by atoms with van der Waals surface area (Å²) < 4.78 is 22.6. The number of hydrogen-bond acceptors (Lipinski definition) is 10. The van der Waals surface area contributed by atoms with E-state index in [9.17, 15) is 19.2 Å². The van der Waals surface area contributed by atoms with Crippen LogP contribution in [0.1, 0.15) is 78.2 Å². The molecule has 6 heterocycles. The van der Waals surface area contributed by atoms with Crippen molar-refractivity contribution in [1.82, 2.24) is 40.4 Å². The number of imidazole rings is 2. The molecule has 0 unspecified atom stereocenters. The van der Waals surface area contributed by atoms with Crippen LogP contribution in [0.4, 0.5) is 9.59 Å². The highest BCUT2D eigenvalue weighted by molar-refractivity contribution is 5.93. The molecule has 10 rings (SSSR count). The van der Waals surface area contributed by atoms with E-state index >= 15 is 0 Å². The lowest BCUT2D eigenvalue weighted by Gasteiger charge is -2.28. The molecular formula is C50H48N8O8.